The minimum Gasteiger partial charge on any atom is -0.351 e. The number of carbonyl (C=O) groups is 2. The van der Waals surface area contributed by atoms with Crippen molar-refractivity contribution in [1.29, 1.82) is 0 Å². The number of rotatable bonds is 5. The van der Waals surface area contributed by atoms with Gasteiger partial charge in [0.2, 0.25) is 0 Å². The molecule has 1 aromatic rings. The Kier molecular flexibility index (Phi) is 8.35. The predicted molar refractivity (Wildman–Crippen MR) is 82.4 cm³/mol. The van der Waals surface area contributed by atoms with E-state index in [0.29, 0.717) is 24.3 Å². The second-order valence-corrected chi connectivity index (χ2v) is 4.38. The number of hydrogen-bond donors (Lipinski definition) is 4. The molecule has 0 fully saturated rings. The number of benzene rings is 1. The highest BCUT2D eigenvalue weighted by Crippen LogP contribution is 2.09. The van der Waals surface area contributed by atoms with Crippen LogP contribution in [-0.2, 0) is 0 Å². The standard InChI is InChI=1S/C13H20N4O2.ClH/c1-9(2)16-13(19)17-11-5-3-10(4-6-11)12(18)15-8-7-14;/h3-6,9H,7-8,14H2,1-2H3,(H,15,18)(H2,16,17,19);1H. The molecule has 7 heteroatoms. The normalized spacial score (nSPS) is 9.60. The fourth-order valence-corrected chi connectivity index (χ4v) is 1.42. The van der Waals surface area contributed by atoms with Crippen LogP contribution in [0.4, 0.5) is 10.5 Å². The lowest BCUT2D eigenvalue weighted by atomic mass is 10.2. The van der Waals surface area contributed by atoms with Crippen LogP contribution in [0.5, 0.6) is 0 Å². The van der Waals surface area contributed by atoms with Crippen LogP contribution in [0.25, 0.3) is 0 Å². The molecule has 112 valence electrons. The molecular weight excluding hydrogens is 280 g/mol. The summed E-state index contributed by atoms with van der Waals surface area (Å²) in [5.74, 6) is -0.177. The van der Waals surface area contributed by atoms with Gasteiger partial charge in [0.05, 0.1) is 0 Å². The molecule has 0 aliphatic rings. The number of anilines is 1. The molecule has 5 N–H and O–H groups in total. The monoisotopic (exact) mass is 300 g/mol. The lowest BCUT2D eigenvalue weighted by Gasteiger charge is -2.10. The van der Waals surface area contributed by atoms with Gasteiger partial charge in [0.25, 0.3) is 5.91 Å². The van der Waals surface area contributed by atoms with E-state index in [1.165, 1.54) is 0 Å². The predicted octanol–water partition coefficient (Wildman–Crippen LogP) is 1.33. The summed E-state index contributed by atoms with van der Waals surface area (Å²) in [4.78, 5) is 23.1. The highest BCUT2D eigenvalue weighted by atomic mass is 35.5. The molecule has 0 radical (unpaired) electrons. The van der Waals surface area contributed by atoms with Crippen molar-refractivity contribution >= 4 is 30.0 Å². The summed E-state index contributed by atoms with van der Waals surface area (Å²) in [6.07, 6.45) is 0. The summed E-state index contributed by atoms with van der Waals surface area (Å²) in [6.45, 7) is 4.60. The van der Waals surface area contributed by atoms with Crippen molar-refractivity contribution in [2.45, 2.75) is 19.9 Å². The topological polar surface area (TPSA) is 96.2 Å². The van der Waals surface area contributed by atoms with E-state index in [0.717, 1.165) is 0 Å². The van der Waals surface area contributed by atoms with E-state index in [2.05, 4.69) is 16.0 Å². The van der Waals surface area contributed by atoms with Gasteiger partial charge in [-0.15, -0.1) is 12.4 Å². The van der Waals surface area contributed by atoms with Crippen LogP contribution >= 0.6 is 12.4 Å². The first kappa shape index (κ1) is 18.2. The maximum absolute atomic E-state index is 11.6. The van der Waals surface area contributed by atoms with Gasteiger partial charge in [0.1, 0.15) is 0 Å². The summed E-state index contributed by atoms with van der Waals surface area (Å²) in [5.41, 5.74) is 6.47. The van der Waals surface area contributed by atoms with E-state index in [1.807, 2.05) is 13.8 Å². The number of amides is 3. The smallest absolute Gasteiger partial charge is 0.319 e. The van der Waals surface area contributed by atoms with Crippen LogP contribution in [0.3, 0.4) is 0 Å². The summed E-state index contributed by atoms with van der Waals surface area (Å²) in [6, 6.07) is 6.46. The SMILES string of the molecule is CC(C)NC(=O)Nc1ccc(C(=O)NCCN)cc1.Cl. The third-order valence-electron chi connectivity index (χ3n) is 2.25. The van der Waals surface area contributed by atoms with Gasteiger partial charge in [-0.1, -0.05) is 0 Å². The quantitative estimate of drug-likeness (QED) is 0.660. The third kappa shape index (κ3) is 6.40. The van der Waals surface area contributed by atoms with E-state index in [-0.39, 0.29) is 30.4 Å². The highest BCUT2D eigenvalue weighted by Gasteiger charge is 2.06. The number of nitrogens with one attached hydrogen (secondary N) is 3. The van der Waals surface area contributed by atoms with Gasteiger partial charge in [-0.2, -0.15) is 0 Å². The molecule has 1 rings (SSSR count). The van der Waals surface area contributed by atoms with E-state index < -0.39 is 0 Å². The molecule has 6 nitrogen and oxygen atoms in total. The Morgan fingerprint density at radius 2 is 1.80 bits per heavy atom. The van der Waals surface area contributed by atoms with E-state index in [9.17, 15) is 9.59 Å². The molecule has 0 heterocycles. The Labute approximate surface area is 124 Å². The minimum atomic E-state index is -0.268. The van der Waals surface area contributed by atoms with Gasteiger partial charge in [-0.25, -0.2) is 4.79 Å². The van der Waals surface area contributed by atoms with Crippen molar-refractivity contribution in [2.24, 2.45) is 5.73 Å². The largest absolute Gasteiger partial charge is 0.351 e. The number of nitrogens with two attached hydrogens (primary N) is 1. The highest BCUT2D eigenvalue weighted by molar-refractivity contribution is 5.95. The minimum absolute atomic E-state index is 0. The summed E-state index contributed by atoms with van der Waals surface area (Å²) < 4.78 is 0. The number of halogens is 1. The van der Waals surface area contributed by atoms with E-state index in [1.54, 1.807) is 24.3 Å². The van der Waals surface area contributed by atoms with E-state index >= 15 is 0 Å². The number of hydrogen-bond acceptors (Lipinski definition) is 3. The van der Waals surface area contributed by atoms with Gasteiger partial charge in [0, 0.05) is 30.4 Å². The first-order valence-electron chi connectivity index (χ1n) is 6.18. The molecule has 0 bridgehead atoms. The fraction of sp³-hybridized carbons (Fsp3) is 0.385. The summed E-state index contributed by atoms with van der Waals surface area (Å²) in [5, 5.41) is 8.07. The van der Waals surface area contributed by atoms with Crippen molar-refractivity contribution in [1.82, 2.24) is 10.6 Å². The third-order valence-corrected chi connectivity index (χ3v) is 2.25. The maximum atomic E-state index is 11.6. The van der Waals surface area contributed by atoms with Gasteiger partial charge < -0.3 is 21.7 Å². The zero-order valence-corrected chi connectivity index (χ0v) is 12.4. The van der Waals surface area contributed by atoms with Crippen molar-refractivity contribution in [3.63, 3.8) is 0 Å². The Morgan fingerprint density at radius 3 is 2.30 bits per heavy atom. The van der Waals surface area contributed by atoms with E-state index in [4.69, 9.17) is 5.73 Å². The summed E-state index contributed by atoms with van der Waals surface area (Å²) >= 11 is 0. The molecule has 3 amide bonds. The van der Waals surface area contributed by atoms with Crippen LogP contribution in [0.1, 0.15) is 24.2 Å². The van der Waals surface area contributed by atoms with Crippen LogP contribution < -0.4 is 21.7 Å². The number of carbonyl (C=O) groups excluding carboxylic acids is 2. The van der Waals surface area contributed by atoms with Crippen molar-refractivity contribution in [3.05, 3.63) is 29.8 Å². The van der Waals surface area contributed by atoms with Gasteiger partial charge in [0.15, 0.2) is 0 Å². The van der Waals surface area contributed by atoms with Gasteiger partial charge in [-0.3, -0.25) is 4.79 Å². The Balaban J connectivity index is 0.00000361. The Hall–Kier alpha value is -1.79. The second kappa shape index (κ2) is 9.17. The second-order valence-electron chi connectivity index (χ2n) is 4.38. The first-order chi connectivity index (χ1) is 9.02. The molecule has 0 aliphatic heterocycles. The van der Waals surface area contributed by atoms with Crippen LogP contribution in [0.2, 0.25) is 0 Å². The molecule has 20 heavy (non-hydrogen) atoms. The number of urea groups is 1. The molecule has 1 aromatic carbocycles. The Bertz CT molecular complexity index is 435. The average Bonchev–Trinajstić information content (AvgIpc) is 2.35. The molecule has 0 unspecified atom stereocenters. The van der Waals surface area contributed by atoms with Crippen LogP contribution in [0.15, 0.2) is 24.3 Å². The lowest BCUT2D eigenvalue weighted by Crippen LogP contribution is -2.34. The molecular formula is C13H21ClN4O2. The fourth-order valence-electron chi connectivity index (χ4n) is 1.42. The maximum Gasteiger partial charge on any atom is 0.319 e. The first-order valence-corrected chi connectivity index (χ1v) is 6.18. The Morgan fingerprint density at radius 1 is 1.20 bits per heavy atom. The molecule has 0 atom stereocenters. The molecule has 0 saturated heterocycles. The van der Waals surface area contributed by atoms with Gasteiger partial charge in [-0.05, 0) is 38.1 Å². The molecule has 0 saturated carbocycles. The summed E-state index contributed by atoms with van der Waals surface area (Å²) in [7, 11) is 0. The van der Waals surface area contributed by atoms with Crippen LogP contribution in [-0.4, -0.2) is 31.1 Å². The van der Waals surface area contributed by atoms with Gasteiger partial charge >= 0.3 is 6.03 Å². The molecule has 0 spiro atoms. The van der Waals surface area contributed by atoms with Crippen molar-refractivity contribution < 1.29 is 9.59 Å². The van der Waals surface area contributed by atoms with Crippen molar-refractivity contribution in [2.75, 3.05) is 18.4 Å². The van der Waals surface area contributed by atoms with Crippen molar-refractivity contribution in [3.8, 4) is 0 Å². The van der Waals surface area contributed by atoms with Crippen LogP contribution in [0, 0.1) is 0 Å². The molecule has 0 aliphatic carbocycles. The average molecular weight is 301 g/mol. The lowest BCUT2D eigenvalue weighted by molar-refractivity contribution is 0.0955. The zero-order valence-electron chi connectivity index (χ0n) is 11.6. The zero-order chi connectivity index (χ0) is 14.3. The molecule has 0 aromatic heterocycles.